The summed E-state index contributed by atoms with van der Waals surface area (Å²) in [6.07, 6.45) is 2.50. The molecule has 0 radical (unpaired) electrons. The van der Waals surface area contributed by atoms with Crippen molar-refractivity contribution in [3.05, 3.63) is 95.1 Å². The molecule has 0 aliphatic heterocycles. The number of hydrogen-bond donors (Lipinski definition) is 1. The van der Waals surface area contributed by atoms with Gasteiger partial charge in [-0.1, -0.05) is 60.7 Å². The largest absolute Gasteiger partial charge is 0.493 e. The highest BCUT2D eigenvalue weighted by Gasteiger charge is 2.33. The Morgan fingerprint density at radius 3 is 2.03 bits per heavy atom. The van der Waals surface area contributed by atoms with Crippen molar-refractivity contribution in [3.63, 3.8) is 0 Å². The van der Waals surface area contributed by atoms with Gasteiger partial charge in [0.15, 0.2) is 17.3 Å². The number of fused-ring (bicyclic) bond motifs is 1. The number of rotatable bonds is 12. The first-order valence-corrected chi connectivity index (χ1v) is 12.4. The lowest BCUT2D eigenvalue weighted by molar-refractivity contribution is 0.0915. The summed E-state index contributed by atoms with van der Waals surface area (Å²) in [5, 5.41) is 0. The number of ether oxygens (including phenoxy) is 2. The standard InChI is InChI=1S/C30H36N2O3/c1-34-28-17-25-16-26(30(33)27(25)18-29(28)35-2)15-24(19-31)13-14-32(20-22-9-5-3-6-10-22)21-23-11-7-4-8-12-23/h3-12,17-18,24,26H,13-16,19-21,31H2,1-2H3. The Morgan fingerprint density at radius 1 is 0.914 bits per heavy atom. The van der Waals surface area contributed by atoms with Gasteiger partial charge in [0.1, 0.15) is 0 Å². The zero-order chi connectivity index (χ0) is 24.6. The maximum absolute atomic E-state index is 13.2. The maximum Gasteiger partial charge on any atom is 0.166 e. The first-order chi connectivity index (χ1) is 17.1. The van der Waals surface area contributed by atoms with Crippen LogP contribution in [0.1, 0.15) is 39.9 Å². The molecule has 0 heterocycles. The summed E-state index contributed by atoms with van der Waals surface area (Å²) in [6, 6.07) is 24.9. The van der Waals surface area contributed by atoms with Crippen molar-refractivity contribution in [2.24, 2.45) is 17.6 Å². The number of methoxy groups -OCH3 is 2. The Kier molecular flexibility index (Phi) is 8.56. The van der Waals surface area contributed by atoms with E-state index in [1.54, 1.807) is 14.2 Å². The predicted molar refractivity (Wildman–Crippen MR) is 140 cm³/mol. The van der Waals surface area contributed by atoms with Gasteiger partial charge in [-0.3, -0.25) is 9.69 Å². The average molecular weight is 473 g/mol. The van der Waals surface area contributed by atoms with Gasteiger partial charge in [0, 0.05) is 24.6 Å². The third-order valence-corrected chi connectivity index (χ3v) is 7.01. The number of Topliss-reactive ketones (excluding diaryl/α,β-unsaturated/α-hetero) is 1. The summed E-state index contributed by atoms with van der Waals surface area (Å²) in [4.78, 5) is 15.7. The number of nitrogens with zero attached hydrogens (tertiary/aromatic N) is 1. The fraction of sp³-hybridized carbons (Fsp3) is 0.367. The molecule has 0 saturated heterocycles. The number of ketones is 1. The second-order valence-electron chi connectivity index (χ2n) is 9.44. The van der Waals surface area contributed by atoms with Crippen LogP contribution in [0.25, 0.3) is 0 Å². The number of nitrogens with two attached hydrogens (primary N) is 1. The Labute approximate surface area is 208 Å². The van der Waals surface area contributed by atoms with Crippen molar-refractivity contribution in [3.8, 4) is 11.5 Å². The summed E-state index contributed by atoms with van der Waals surface area (Å²) in [7, 11) is 3.22. The first kappa shape index (κ1) is 25.0. The highest BCUT2D eigenvalue weighted by Crippen LogP contribution is 2.38. The molecule has 3 aromatic rings. The Bertz CT molecular complexity index is 1060. The lowest BCUT2D eigenvalue weighted by Gasteiger charge is -2.26. The molecule has 0 amide bonds. The second kappa shape index (κ2) is 12.0. The molecule has 2 atom stereocenters. The van der Waals surface area contributed by atoms with Crippen LogP contribution in [0.2, 0.25) is 0 Å². The maximum atomic E-state index is 13.2. The summed E-state index contributed by atoms with van der Waals surface area (Å²) in [5.41, 5.74) is 10.6. The molecule has 0 bridgehead atoms. The fourth-order valence-corrected chi connectivity index (χ4v) is 5.08. The molecule has 35 heavy (non-hydrogen) atoms. The van der Waals surface area contributed by atoms with Gasteiger partial charge in [-0.15, -0.1) is 0 Å². The van der Waals surface area contributed by atoms with Crippen LogP contribution in [-0.2, 0) is 19.5 Å². The molecule has 5 heteroatoms. The minimum Gasteiger partial charge on any atom is -0.493 e. The van der Waals surface area contributed by atoms with Crippen molar-refractivity contribution in [2.75, 3.05) is 27.3 Å². The molecule has 184 valence electrons. The van der Waals surface area contributed by atoms with Gasteiger partial charge in [0.25, 0.3) is 0 Å². The summed E-state index contributed by atoms with van der Waals surface area (Å²) in [5.74, 6) is 1.73. The molecule has 3 aromatic carbocycles. The normalized spacial score (nSPS) is 15.8. The fourth-order valence-electron chi connectivity index (χ4n) is 5.08. The van der Waals surface area contributed by atoms with Gasteiger partial charge in [0.2, 0.25) is 0 Å². The van der Waals surface area contributed by atoms with Gasteiger partial charge in [-0.2, -0.15) is 0 Å². The third-order valence-electron chi connectivity index (χ3n) is 7.01. The molecule has 5 nitrogen and oxygen atoms in total. The van der Waals surface area contributed by atoms with E-state index in [4.69, 9.17) is 15.2 Å². The summed E-state index contributed by atoms with van der Waals surface area (Å²) in [6.45, 7) is 3.29. The van der Waals surface area contributed by atoms with E-state index in [1.165, 1.54) is 11.1 Å². The Hall–Kier alpha value is -3.15. The van der Waals surface area contributed by atoms with Crippen molar-refractivity contribution in [1.82, 2.24) is 4.90 Å². The van der Waals surface area contributed by atoms with Gasteiger partial charge < -0.3 is 15.2 Å². The lowest BCUT2D eigenvalue weighted by atomic mass is 9.89. The van der Waals surface area contributed by atoms with E-state index >= 15 is 0 Å². The molecule has 0 spiro atoms. The molecule has 0 aromatic heterocycles. The molecule has 2 N–H and O–H groups in total. The topological polar surface area (TPSA) is 64.8 Å². The zero-order valence-corrected chi connectivity index (χ0v) is 20.8. The number of carbonyl (C=O) groups is 1. The summed E-state index contributed by atoms with van der Waals surface area (Å²) < 4.78 is 10.8. The van der Waals surface area contributed by atoms with Gasteiger partial charge in [0.05, 0.1) is 14.2 Å². The highest BCUT2D eigenvalue weighted by atomic mass is 16.5. The van der Waals surface area contributed by atoms with Crippen molar-refractivity contribution in [2.45, 2.75) is 32.4 Å². The van der Waals surface area contributed by atoms with Crippen LogP contribution in [0.4, 0.5) is 0 Å². The Morgan fingerprint density at radius 2 is 1.49 bits per heavy atom. The van der Waals surface area contributed by atoms with Crippen LogP contribution in [0.3, 0.4) is 0 Å². The average Bonchev–Trinajstić information content (AvgIpc) is 3.20. The van der Waals surface area contributed by atoms with Crippen molar-refractivity contribution < 1.29 is 14.3 Å². The highest BCUT2D eigenvalue weighted by molar-refractivity contribution is 6.02. The molecule has 0 saturated carbocycles. The second-order valence-corrected chi connectivity index (χ2v) is 9.44. The van der Waals surface area contributed by atoms with Gasteiger partial charge in [-0.25, -0.2) is 0 Å². The minimum absolute atomic E-state index is 0.0351. The van der Waals surface area contributed by atoms with Crippen LogP contribution < -0.4 is 15.2 Å². The SMILES string of the molecule is COc1cc2c(cc1OC)C(=O)C(CC(CN)CCN(Cc1ccccc1)Cc1ccccc1)C2. The molecule has 2 unspecified atom stereocenters. The molecule has 4 rings (SSSR count). The lowest BCUT2D eigenvalue weighted by Crippen LogP contribution is -2.29. The van der Waals surface area contributed by atoms with Gasteiger partial charge in [-0.05, 0) is 67.1 Å². The number of benzene rings is 3. The number of carbonyl (C=O) groups excluding carboxylic acids is 1. The van der Waals surface area contributed by atoms with E-state index < -0.39 is 0 Å². The summed E-state index contributed by atoms with van der Waals surface area (Å²) >= 11 is 0. The van der Waals surface area contributed by atoms with E-state index in [1.807, 2.05) is 12.1 Å². The molecular formula is C30H36N2O3. The number of hydrogen-bond acceptors (Lipinski definition) is 5. The minimum atomic E-state index is -0.0351. The third kappa shape index (κ3) is 6.30. The van der Waals surface area contributed by atoms with E-state index in [2.05, 4.69) is 65.6 Å². The van der Waals surface area contributed by atoms with Crippen LogP contribution >= 0.6 is 0 Å². The van der Waals surface area contributed by atoms with Crippen LogP contribution in [-0.4, -0.2) is 38.0 Å². The predicted octanol–water partition coefficient (Wildman–Crippen LogP) is 5.12. The quantitative estimate of drug-likeness (QED) is 0.397. The van der Waals surface area contributed by atoms with E-state index in [0.717, 1.165) is 50.0 Å². The van der Waals surface area contributed by atoms with Crippen molar-refractivity contribution >= 4 is 5.78 Å². The molecule has 1 aliphatic rings. The smallest absolute Gasteiger partial charge is 0.166 e. The van der Waals surface area contributed by atoms with Gasteiger partial charge >= 0.3 is 0 Å². The molecular weight excluding hydrogens is 436 g/mol. The monoisotopic (exact) mass is 472 g/mol. The van der Waals surface area contributed by atoms with Crippen molar-refractivity contribution in [1.29, 1.82) is 0 Å². The van der Waals surface area contributed by atoms with E-state index in [0.29, 0.717) is 18.0 Å². The van der Waals surface area contributed by atoms with Crippen LogP contribution in [0.5, 0.6) is 11.5 Å². The first-order valence-electron chi connectivity index (χ1n) is 12.4. The molecule has 0 fully saturated rings. The Balaban J connectivity index is 1.41. The van der Waals surface area contributed by atoms with Crippen LogP contribution in [0, 0.1) is 11.8 Å². The van der Waals surface area contributed by atoms with E-state index in [9.17, 15) is 4.79 Å². The van der Waals surface area contributed by atoms with Crippen LogP contribution in [0.15, 0.2) is 72.8 Å². The zero-order valence-electron chi connectivity index (χ0n) is 20.8. The van der Waals surface area contributed by atoms with E-state index in [-0.39, 0.29) is 17.6 Å². The molecule has 1 aliphatic carbocycles.